The van der Waals surface area contributed by atoms with E-state index in [1.165, 1.54) is 25.3 Å². The number of benzene rings is 1. The summed E-state index contributed by atoms with van der Waals surface area (Å²) in [5.74, 6) is -1.63. The molecular formula is C17H23F3N2O5. The van der Waals surface area contributed by atoms with Gasteiger partial charge in [-0.1, -0.05) is 0 Å². The van der Waals surface area contributed by atoms with Crippen LogP contribution in [0, 0.1) is 0 Å². The smallest absolute Gasteiger partial charge is 0.471 e. The normalized spacial score (nSPS) is 16.7. The lowest BCUT2D eigenvalue weighted by Gasteiger charge is -2.35. The number of nitrogens with one attached hydrogen (secondary N) is 1. The fraction of sp³-hybridized carbons (Fsp3) is 0.588. The lowest BCUT2D eigenvalue weighted by molar-refractivity contribution is -0.171. The summed E-state index contributed by atoms with van der Waals surface area (Å²) in [5.41, 5.74) is -0.00272. The molecule has 1 aromatic rings. The number of nitrogens with zero attached hydrogens (tertiary/aromatic N) is 1. The van der Waals surface area contributed by atoms with Gasteiger partial charge in [0.25, 0.3) is 0 Å². The van der Waals surface area contributed by atoms with Crippen molar-refractivity contribution in [2.24, 2.45) is 0 Å². The summed E-state index contributed by atoms with van der Waals surface area (Å²) in [5, 5.41) is 21.3. The SMILES string of the molecule is COc1cc(OCC(O)CO)cc(N(C(=O)C(F)(F)F)C2CCNCC2)c1. The third-order valence-electron chi connectivity index (χ3n) is 4.17. The van der Waals surface area contributed by atoms with E-state index < -0.39 is 30.8 Å². The minimum absolute atomic E-state index is 0.00272. The quantitative estimate of drug-likeness (QED) is 0.643. The highest BCUT2D eigenvalue weighted by Crippen LogP contribution is 2.34. The third kappa shape index (κ3) is 5.72. The maximum absolute atomic E-state index is 13.2. The van der Waals surface area contributed by atoms with Gasteiger partial charge < -0.3 is 29.9 Å². The highest BCUT2D eigenvalue weighted by Gasteiger charge is 2.45. The molecule has 1 heterocycles. The molecule has 0 radical (unpaired) electrons. The van der Waals surface area contributed by atoms with E-state index in [4.69, 9.17) is 14.6 Å². The van der Waals surface area contributed by atoms with Crippen molar-refractivity contribution in [3.8, 4) is 11.5 Å². The number of aliphatic hydroxyl groups excluding tert-OH is 2. The molecule has 0 aliphatic carbocycles. The Morgan fingerprint density at radius 1 is 1.30 bits per heavy atom. The average Bonchev–Trinajstić information content (AvgIpc) is 2.66. The Kier molecular flexibility index (Phi) is 7.28. The zero-order valence-corrected chi connectivity index (χ0v) is 14.8. The first kappa shape index (κ1) is 21.3. The molecular weight excluding hydrogens is 369 g/mol. The van der Waals surface area contributed by atoms with Gasteiger partial charge >= 0.3 is 12.1 Å². The van der Waals surface area contributed by atoms with E-state index in [9.17, 15) is 23.1 Å². The van der Waals surface area contributed by atoms with Crippen molar-refractivity contribution in [3.05, 3.63) is 18.2 Å². The second kappa shape index (κ2) is 9.25. The molecule has 1 amide bonds. The Balaban J connectivity index is 2.38. The van der Waals surface area contributed by atoms with Gasteiger partial charge in [0, 0.05) is 24.2 Å². The number of hydrogen-bond acceptors (Lipinski definition) is 6. The molecule has 1 fully saturated rings. The number of anilines is 1. The highest BCUT2D eigenvalue weighted by atomic mass is 19.4. The molecule has 152 valence electrons. The molecule has 0 saturated carbocycles. The van der Waals surface area contributed by atoms with Crippen LogP contribution >= 0.6 is 0 Å². The Morgan fingerprint density at radius 3 is 2.48 bits per heavy atom. The number of carbonyl (C=O) groups is 1. The zero-order chi connectivity index (χ0) is 20.0. The van der Waals surface area contributed by atoms with Crippen LogP contribution in [0.5, 0.6) is 11.5 Å². The Hall–Kier alpha value is -2.04. The summed E-state index contributed by atoms with van der Waals surface area (Å²) in [6, 6.07) is 3.43. The molecule has 2 rings (SSSR count). The number of alkyl halides is 3. The standard InChI is InChI=1S/C17H23F3N2O5/c1-26-14-6-12(7-15(8-14)27-10-13(24)9-23)22(16(25)17(18,19)20)11-2-4-21-5-3-11/h6-8,11,13,21,23-24H,2-5,9-10H2,1H3. The molecule has 27 heavy (non-hydrogen) atoms. The second-order valence-corrected chi connectivity index (χ2v) is 6.17. The van der Waals surface area contributed by atoms with Crippen molar-refractivity contribution in [2.45, 2.75) is 31.2 Å². The van der Waals surface area contributed by atoms with Gasteiger partial charge in [-0.15, -0.1) is 0 Å². The summed E-state index contributed by atoms with van der Waals surface area (Å²) < 4.78 is 50.0. The van der Waals surface area contributed by atoms with Crippen LogP contribution in [0.4, 0.5) is 18.9 Å². The Morgan fingerprint density at radius 2 is 1.93 bits per heavy atom. The first-order chi connectivity index (χ1) is 12.8. The molecule has 1 atom stereocenters. The predicted molar refractivity (Wildman–Crippen MR) is 91.0 cm³/mol. The van der Waals surface area contributed by atoms with E-state index in [0.717, 1.165) is 4.90 Å². The van der Waals surface area contributed by atoms with Crippen LogP contribution in [-0.4, -0.2) is 67.9 Å². The lowest BCUT2D eigenvalue weighted by Crippen LogP contribution is -2.51. The fourth-order valence-electron chi connectivity index (χ4n) is 2.84. The molecule has 0 aromatic heterocycles. The van der Waals surface area contributed by atoms with Gasteiger partial charge in [0.15, 0.2) is 0 Å². The van der Waals surface area contributed by atoms with Gasteiger partial charge in [0.2, 0.25) is 0 Å². The average molecular weight is 392 g/mol. The van der Waals surface area contributed by atoms with Gasteiger partial charge in [-0.2, -0.15) is 13.2 Å². The second-order valence-electron chi connectivity index (χ2n) is 6.17. The molecule has 1 aromatic carbocycles. The largest absolute Gasteiger partial charge is 0.497 e. The van der Waals surface area contributed by atoms with Crippen molar-refractivity contribution in [3.63, 3.8) is 0 Å². The Labute approximate surface area is 154 Å². The van der Waals surface area contributed by atoms with Crippen LogP contribution in [0.3, 0.4) is 0 Å². The lowest BCUT2D eigenvalue weighted by atomic mass is 10.0. The zero-order valence-electron chi connectivity index (χ0n) is 14.8. The third-order valence-corrected chi connectivity index (χ3v) is 4.17. The van der Waals surface area contributed by atoms with Gasteiger partial charge in [-0.25, -0.2) is 0 Å². The first-order valence-corrected chi connectivity index (χ1v) is 8.48. The van der Waals surface area contributed by atoms with Crippen LogP contribution in [-0.2, 0) is 4.79 Å². The molecule has 10 heteroatoms. The van der Waals surface area contributed by atoms with Crippen molar-refractivity contribution in [2.75, 3.05) is 38.3 Å². The van der Waals surface area contributed by atoms with Crippen LogP contribution in [0.1, 0.15) is 12.8 Å². The molecule has 1 aliphatic rings. The maximum Gasteiger partial charge on any atom is 0.471 e. The van der Waals surface area contributed by atoms with E-state index >= 15 is 0 Å². The summed E-state index contributed by atoms with van der Waals surface area (Å²) in [7, 11) is 1.34. The fourth-order valence-corrected chi connectivity index (χ4v) is 2.84. The number of piperidine rings is 1. The van der Waals surface area contributed by atoms with Crippen molar-refractivity contribution >= 4 is 11.6 Å². The number of ether oxygens (including phenoxy) is 2. The van der Waals surface area contributed by atoms with Gasteiger partial charge in [-0.3, -0.25) is 4.79 Å². The van der Waals surface area contributed by atoms with Crippen LogP contribution in [0.15, 0.2) is 18.2 Å². The number of hydrogen-bond donors (Lipinski definition) is 3. The minimum atomic E-state index is -5.03. The van der Waals surface area contributed by atoms with Gasteiger partial charge in [0.05, 0.1) is 19.4 Å². The van der Waals surface area contributed by atoms with Crippen LogP contribution in [0.2, 0.25) is 0 Å². The molecule has 0 bridgehead atoms. The monoisotopic (exact) mass is 392 g/mol. The number of aliphatic hydroxyl groups is 2. The molecule has 1 unspecified atom stereocenters. The number of carbonyl (C=O) groups excluding carboxylic acids is 1. The van der Waals surface area contributed by atoms with Crippen molar-refractivity contribution in [1.82, 2.24) is 5.32 Å². The molecule has 3 N–H and O–H groups in total. The molecule has 7 nitrogen and oxygen atoms in total. The Bertz CT molecular complexity index is 635. The van der Waals surface area contributed by atoms with E-state index in [-0.39, 0.29) is 23.8 Å². The summed E-state index contributed by atoms with van der Waals surface area (Å²) in [6.07, 6.45) is -5.42. The molecule has 0 spiro atoms. The number of amides is 1. The van der Waals surface area contributed by atoms with E-state index in [1.54, 1.807) is 0 Å². The van der Waals surface area contributed by atoms with Crippen molar-refractivity contribution in [1.29, 1.82) is 0 Å². The minimum Gasteiger partial charge on any atom is -0.497 e. The van der Waals surface area contributed by atoms with E-state index in [0.29, 0.717) is 25.9 Å². The summed E-state index contributed by atoms with van der Waals surface area (Å²) >= 11 is 0. The number of halogens is 3. The van der Waals surface area contributed by atoms with E-state index in [2.05, 4.69) is 5.32 Å². The first-order valence-electron chi connectivity index (χ1n) is 8.48. The molecule has 1 saturated heterocycles. The van der Waals surface area contributed by atoms with Gasteiger partial charge in [0.1, 0.15) is 24.2 Å². The van der Waals surface area contributed by atoms with Crippen LogP contribution < -0.4 is 19.7 Å². The molecule has 1 aliphatic heterocycles. The predicted octanol–water partition coefficient (Wildman–Crippen LogP) is 1.07. The maximum atomic E-state index is 13.2. The number of methoxy groups -OCH3 is 1. The van der Waals surface area contributed by atoms with E-state index in [1.807, 2.05) is 0 Å². The van der Waals surface area contributed by atoms with Crippen LogP contribution in [0.25, 0.3) is 0 Å². The number of rotatable bonds is 7. The van der Waals surface area contributed by atoms with Gasteiger partial charge in [-0.05, 0) is 25.9 Å². The summed E-state index contributed by atoms with van der Waals surface area (Å²) in [4.78, 5) is 12.8. The highest BCUT2D eigenvalue weighted by molar-refractivity contribution is 5.98. The van der Waals surface area contributed by atoms with Crippen molar-refractivity contribution < 1.29 is 37.7 Å². The summed E-state index contributed by atoms with van der Waals surface area (Å²) in [6.45, 7) is 0.221. The topological polar surface area (TPSA) is 91.3 Å².